The van der Waals surface area contributed by atoms with E-state index in [4.69, 9.17) is 0 Å². The zero-order valence-corrected chi connectivity index (χ0v) is 15.7. The van der Waals surface area contributed by atoms with Crippen molar-refractivity contribution in [3.05, 3.63) is 101 Å². The first-order valence-corrected chi connectivity index (χ1v) is 10.3. The smallest absolute Gasteiger partial charge is 0.240 e. The summed E-state index contributed by atoms with van der Waals surface area (Å²) in [6.07, 6.45) is 0.551. The van der Waals surface area contributed by atoms with Crippen LogP contribution in [0.5, 0.6) is 0 Å². The number of rotatable bonds is 5. The van der Waals surface area contributed by atoms with Gasteiger partial charge < -0.3 is 0 Å². The van der Waals surface area contributed by atoms with Crippen LogP contribution >= 0.6 is 0 Å². The summed E-state index contributed by atoms with van der Waals surface area (Å²) in [5.74, 6) is -0.613. The van der Waals surface area contributed by atoms with Crippen LogP contribution in [0, 0.1) is 0 Å². The molecule has 1 N–H and O–H groups in total. The molecule has 5 nitrogen and oxygen atoms in total. The molecule has 0 aliphatic heterocycles. The van der Waals surface area contributed by atoms with Crippen molar-refractivity contribution in [1.82, 2.24) is 4.72 Å². The van der Waals surface area contributed by atoms with Gasteiger partial charge in [-0.2, -0.15) is 0 Å². The summed E-state index contributed by atoms with van der Waals surface area (Å²) < 4.78 is 27.8. The maximum atomic E-state index is 12.8. The lowest BCUT2D eigenvalue weighted by Crippen LogP contribution is -2.27. The normalized spacial score (nSPS) is 13.1. The highest BCUT2D eigenvalue weighted by atomic mass is 32.2. The molecule has 0 spiro atoms. The van der Waals surface area contributed by atoms with E-state index in [-0.39, 0.29) is 34.1 Å². The van der Waals surface area contributed by atoms with Crippen molar-refractivity contribution in [3.63, 3.8) is 0 Å². The van der Waals surface area contributed by atoms with Crippen LogP contribution in [0.3, 0.4) is 0 Å². The summed E-state index contributed by atoms with van der Waals surface area (Å²) in [5.41, 5.74) is 2.01. The van der Waals surface area contributed by atoms with Gasteiger partial charge in [0.05, 0.1) is 4.90 Å². The Balaban J connectivity index is 1.60. The molecule has 0 fully saturated rings. The van der Waals surface area contributed by atoms with E-state index in [2.05, 4.69) is 4.72 Å². The zero-order chi connectivity index (χ0) is 19.7. The van der Waals surface area contributed by atoms with Gasteiger partial charge in [0.25, 0.3) is 0 Å². The third-order valence-corrected chi connectivity index (χ3v) is 6.21. The van der Waals surface area contributed by atoms with Crippen molar-refractivity contribution in [2.45, 2.75) is 11.3 Å². The molecule has 0 saturated carbocycles. The summed E-state index contributed by atoms with van der Waals surface area (Å²) in [5, 5.41) is 0. The van der Waals surface area contributed by atoms with E-state index in [0.29, 0.717) is 17.5 Å². The Labute approximate surface area is 163 Å². The molecule has 1 aliphatic carbocycles. The van der Waals surface area contributed by atoms with E-state index < -0.39 is 10.0 Å². The maximum Gasteiger partial charge on any atom is 0.240 e. The summed E-state index contributed by atoms with van der Waals surface area (Å²) in [7, 11) is -3.80. The van der Waals surface area contributed by atoms with Crippen molar-refractivity contribution < 1.29 is 18.0 Å². The summed E-state index contributed by atoms with van der Waals surface area (Å²) >= 11 is 0. The lowest BCUT2D eigenvalue weighted by Gasteiger charge is -2.18. The van der Waals surface area contributed by atoms with Crippen LogP contribution < -0.4 is 4.72 Å². The molecule has 0 unspecified atom stereocenters. The molecule has 0 amide bonds. The van der Waals surface area contributed by atoms with Crippen molar-refractivity contribution in [2.75, 3.05) is 6.54 Å². The Hall–Kier alpha value is -3.09. The van der Waals surface area contributed by atoms with Crippen molar-refractivity contribution in [3.8, 4) is 0 Å². The number of ketones is 2. The highest BCUT2D eigenvalue weighted by Gasteiger charge is 2.30. The molecule has 28 heavy (non-hydrogen) atoms. The average molecular weight is 391 g/mol. The summed E-state index contributed by atoms with van der Waals surface area (Å²) in [6, 6.07) is 20.2. The Morgan fingerprint density at radius 2 is 1.25 bits per heavy atom. The van der Waals surface area contributed by atoms with Crippen LogP contribution in [0.4, 0.5) is 0 Å². The minimum Gasteiger partial charge on any atom is -0.289 e. The first kappa shape index (κ1) is 18.3. The number of carbonyl (C=O) groups is 2. The zero-order valence-electron chi connectivity index (χ0n) is 14.9. The van der Waals surface area contributed by atoms with Gasteiger partial charge in [-0.05, 0) is 30.2 Å². The number of benzene rings is 3. The molecule has 1 aliphatic rings. The van der Waals surface area contributed by atoms with E-state index >= 15 is 0 Å². The van der Waals surface area contributed by atoms with Gasteiger partial charge in [-0.1, -0.05) is 54.6 Å². The molecular formula is C22H17NO4S. The van der Waals surface area contributed by atoms with Gasteiger partial charge in [0.1, 0.15) is 0 Å². The van der Waals surface area contributed by atoms with Gasteiger partial charge in [-0.15, -0.1) is 0 Å². The molecule has 0 bridgehead atoms. The minimum atomic E-state index is -3.80. The second-order valence-electron chi connectivity index (χ2n) is 6.54. The fraction of sp³-hybridized carbons (Fsp3) is 0.0909. The third kappa shape index (κ3) is 3.28. The quantitative estimate of drug-likeness (QED) is 0.567. The Morgan fingerprint density at radius 3 is 1.93 bits per heavy atom. The fourth-order valence-electron chi connectivity index (χ4n) is 3.30. The highest BCUT2D eigenvalue weighted by molar-refractivity contribution is 7.89. The Bertz CT molecular complexity index is 1180. The standard InChI is InChI=1S/C22H17NO4S/c24-21-17-8-4-5-9-18(17)22(25)20-14-16(10-11-19(20)21)28(26,27)23-13-12-15-6-2-1-3-7-15/h1-11,14,23H,12-13H2. The molecule has 0 heterocycles. The molecule has 4 rings (SSSR count). The molecule has 0 aromatic heterocycles. The number of carbonyl (C=O) groups excluding carboxylic acids is 2. The van der Waals surface area contributed by atoms with Crippen LogP contribution in [-0.2, 0) is 16.4 Å². The van der Waals surface area contributed by atoms with E-state index in [1.54, 1.807) is 24.3 Å². The second kappa shape index (κ2) is 7.14. The van der Waals surface area contributed by atoms with Crippen molar-refractivity contribution in [2.24, 2.45) is 0 Å². The van der Waals surface area contributed by atoms with Gasteiger partial charge in [0.2, 0.25) is 10.0 Å². The lowest BCUT2D eigenvalue weighted by atomic mass is 9.84. The molecule has 140 valence electrons. The number of hydrogen-bond acceptors (Lipinski definition) is 4. The highest BCUT2D eigenvalue weighted by Crippen LogP contribution is 2.28. The van der Waals surface area contributed by atoms with Crippen molar-refractivity contribution >= 4 is 21.6 Å². The predicted octanol–water partition coefficient (Wildman–Crippen LogP) is 2.98. The van der Waals surface area contributed by atoms with Crippen LogP contribution in [-0.4, -0.2) is 26.5 Å². The third-order valence-electron chi connectivity index (χ3n) is 4.76. The lowest BCUT2D eigenvalue weighted by molar-refractivity contribution is 0.0979. The predicted molar refractivity (Wildman–Crippen MR) is 105 cm³/mol. The van der Waals surface area contributed by atoms with Gasteiger partial charge >= 0.3 is 0 Å². The van der Waals surface area contributed by atoms with E-state index in [1.807, 2.05) is 30.3 Å². The Kier molecular flexibility index (Phi) is 4.66. The van der Waals surface area contributed by atoms with Crippen LogP contribution in [0.25, 0.3) is 0 Å². The fourth-order valence-corrected chi connectivity index (χ4v) is 4.36. The van der Waals surface area contributed by atoms with Gasteiger partial charge in [0, 0.05) is 28.8 Å². The van der Waals surface area contributed by atoms with Gasteiger partial charge in [-0.25, -0.2) is 13.1 Å². The number of sulfonamides is 1. The summed E-state index contributed by atoms with van der Waals surface area (Å²) in [4.78, 5) is 25.4. The first-order chi connectivity index (χ1) is 13.5. The molecule has 3 aromatic carbocycles. The molecular weight excluding hydrogens is 374 g/mol. The van der Waals surface area contributed by atoms with E-state index in [9.17, 15) is 18.0 Å². The molecule has 3 aromatic rings. The maximum absolute atomic E-state index is 12.8. The average Bonchev–Trinajstić information content (AvgIpc) is 2.72. The molecule has 0 atom stereocenters. The van der Waals surface area contributed by atoms with Gasteiger partial charge in [0.15, 0.2) is 11.6 Å². The van der Waals surface area contributed by atoms with Gasteiger partial charge in [-0.3, -0.25) is 9.59 Å². The summed E-state index contributed by atoms with van der Waals surface area (Å²) in [6.45, 7) is 0.235. The van der Waals surface area contributed by atoms with Crippen LogP contribution in [0.2, 0.25) is 0 Å². The topological polar surface area (TPSA) is 80.3 Å². The minimum absolute atomic E-state index is 0.0279. The molecule has 0 radical (unpaired) electrons. The number of hydrogen-bond donors (Lipinski definition) is 1. The monoisotopic (exact) mass is 391 g/mol. The van der Waals surface area contributed by atoms with Crippen LogP contribution in [0.15, 0.2) is 77.7 Å². The number of nitrogens with one attached hydrogen (secondary N) is 1. The first-order valence-electron chi connectivity index (χ1n) is 8.83. The largest absolute Gasteiger partial charge is 0.289 e. The molecule has 0 saturated heterocycles. The SMILES string of the molecule is O=C1c2ccccc2C(=O)c2cc(S(=O)(=O)NCCc3ccccc3)ccc21. The molecule has 6 heteroatoms. The van der Waals surface area contributed by atoms with Crippen LogP contribution in [0.1, 0.15) is 37.4 Å². The van der Waals surface area contributed by atoms with E-state index in [1.165, 1.54) is 18.2 Å². The van der Waals surface area contributed by atoms with Crippen molar-refractivity contribution in [1.29, 1.82) is 0 Å². The van der Waals surface area contributed by atoms with E-state index in [0.717, 1.165) is 5.56 Å². The second-order valence-corrected chi connectivity index (χ2v) is 8.31. The Morgan fingerprint density at radius 1 is 0.679 bits per heavy atom. The number of fused-ring (bicyclic) bond motifs is 2.